The molecule has 2 aromatic heterocycles. The van der Waals surface area contributed by atoms with Crippen LogP contribution in [0.5, 0.6) is 0 Å². The standard InChI is InChI=1S/C14H19N5O2/c1-11-7-12(18-21-11)9-19-5-6-20-13(10-19)8-15-14-3-2-4-16-17-14/h2-4,7,13H,5-6,8-10H2,1H3,(H,15,17)/t13-/m0/s1. The quantitative estimate of drug-likeness (QED) is 0.882. The number of aryl methyl sites for hydroxylation is 1. The van der Waals surface area contributed by atoms with Crippen molar-refractivity contribution in [2.75, 3.05) is 31.6 Å². The van der Waals surface area contributed by atoms with Gasteiger partial charge in [0.2, 0.25) is 0 Å². The van der Waals surface area contributed by atoms with Gasteiger partial charge in [0.1, 0.15) is 11.6 Å². The Morgan fingerprint density at radius 3 is 3.19 bits per heavy atom. The molecule has 112 valence electrons. The molecule has 0 aliphatic carbocycles. The Morgan fingerprint density at radius 2 is 2.43 bits per heavy atom. The second-order valence-electron chi connectivity index (χ2n) is 5.15. The summed E-state index contributed by atoms with van der Waals surface area (Å²) < 4.78 is 10.9. The van der Waals surface area contributed by atoms with Gasteiger partial charge in [-0.15, -0.1) is 5.10 Å². The first-order valence-electron chi connectivity index (χ1n) is 7.07. The molecule has 21 heavy (non-hydrogen) atoms. The smallest absolute Gasteiger partial charge is 0.148 e. The maximum atomic E-state index is 5.78. The highest BCUT2D eigenvalue weighted by molar-refractivity contribution is 5.31. The number of hydrogen-bond donors (Lipinski definition) is 1. The summed E-state index contributed by atoms with van der Waals surface area (Å²) in [4.78, 5) is 2.32. The van der Waals surface area contributed by atoms with Gasteiger partial charge in [-0.25, -0.2) is 0 Å². The number of nitrogens with one attached hydrogen (secondary N) is 1. The molecule has 0 spiro atoms. The number of nitrogens with zero attached hydrogens (tertiary/aromatic N) is 4. The zero-order valence-electron chi connectivity index (χ0n) is 12.0. The Kier molecular flexibility index (Phi) is 4.42. The fourth-order valence-electron chi connectivity index (χ4n) is 2.38. The van der Waals surface area contributed by atoms with Crippen LogP contribution in [0, 0.1) is 6.92 Å². The highest BCUT2D eigenvalue weighted by Gasteiger charge is 2.21. The van der Waals surface area contributed by atoms with E-state index in [9.17, 15) is 0 Å². The molecule has 1 atom stereocenters. The summed E-state index contributed by atoms with van der Waals surface area (Å²) in [5.74, 6) is 1.62. The van der Waals surface area contributed by atoms with Gasteiger partial charge in [-0.2, -0.15) is 5.10 Å². The number of hydrogen-bond acceptors (Lipinski definition) is 7. The molecule has 2 aromatic rings. The predicted molar refractivity (Wildman–Crippen MR) is 76.8 cm³/mol. The first kappa shape index (κ1) is 14.0. The Morgan fingerprint density at radius 1 is 1.48 bits per heavy atom. The van der Waals surface area contributed by atoms with E-state index in [-0.39, 0.29) is 6.10 Å². The molecule has 1 aliphatic heterocycles. The van der Waals surface area contributed by atoms with Gasteiger partial charge in [-0.1, -0.05) is 5.16 Å². The fraction of sp³-hybridized carbons (Fsp3) is 0.500. The average Bonchev–Trinajstić information content (AvgIpc) is 2.92. The van der Waals surface area contributed by atoms with Crippen molar-refractivity contribution in [3.63, 3.8) is 0 Å². The summed E-state index contributed by atoms with van der Waals surface area (Å²) in [7, 11) is 0. The first-order chi connectivity index (χ1) is 10.3. The van der Waals surface area contributed by atoms with E-state index >= 15 is 0 Å². The molecule has 0 radical (unpaired) electrons. The first-order valence-corrected chi connectivity index (χ1v) is 7.07. The van der Waals surface area contributed by atoms with Gasteiger partial charge in [-0.05, 0) is 19.1 Å². The molecule has 3 heterocycles. The Labute approximate surface area is 123 Å². The minimum absolute atomic E-state index is 0.133. The van der Waals surface area contributed by atoms with Crippen molar-refractivity contribution in [3.8, 4) is 0 Å². The average molecular weight is 289 g/mol. The highest BCUT2D eigenvalue weighted by Crippen LogP contribution is 2.11. The SMILES string of the molecule is Cc1cc(CN2CCO[C@@H](CNc3cccnn3)C2)no1. The largest absolute Gasteiger partial charge is 0.374 e. The molecule has 1 saturated heterocycles. The van der Waals surface area contributed by atoms with E-state index in [1.807, 2.05) is 25.1 Å². The fourth-order valence-corrected chi connectivity index (χ4v) is 2.38. The number of ether oxygens (including phenoxy) is 1. The molecule has 3 rings (SSSR count). The third kappa shape index (κ3) is 3.99. The third-order valence-electron chi connectivity index (χ3n) is 3.37. The summed E-state index contributed by atoms with van der Waals surface area (Å²) in [6.07, 6.45) is 1.79. The van der Waals surface area contributed by atoms with Crippen molar-refractivity contribution < 1.29 is 9.26 Å². The number of aromatic nitrogens is 3. The zero-order chi connectivity index (χ0) is 14.5. The lowest BCUT2D eigenvalue weighted by atomic mass is 10.2. The molecule has 0 unspecified atom stereocenters. The zero-order valence-corrected chi connectivity index (χ0v) is 12.0. The van der Waals surface area contributed by atoms with Crippen molar-refractivity contribution in [1.29, 1.82) is 0 Å². The number of anilines is 1. The normalized spacial score (nSPS) is 19.6. The van der Waals surface area contributed by atoms with Crippen LogP contribution in [0.25, 0.3) is 0 Å². The van der Waals surface area contributed by atoms with Crippen LogP contribution in [0.2, 0.25) is 0 Å². The summed E-state index contributed by atoms with van der Waals surface area (Å²) in [6.45, 7) is 5.91. The van der Waals surface area contributed by atoms with Crippen molar-refractivity contribution in [2.45, 2.75) is 19.6 Å². The molecule has 0 aromatic carbocycles. The number of rotatable bonds is 5. The Hall–Kier alpha value is -1.99. The van der Waals surface area contributed by atoms with E-state index in [4.69, 9.17) is 9.26 Å². The molecule has 0 saturated carbocycles. The van der Waals surface area contributed by atoms with Gasteiger partial charge >= 0.3 is 0 Å². The minimum Gasteiger partial charge on any atom is -0.374 e. The van der Waals surface area contributed by atoms with Crippen LogP contribution in [0.4, 0.5) is 5.82 Å². The molecule has 1 aliphatic rings. The molecular formula is C14H19N5O2. The molecule has 1 N–H and O–H groups in total. The maximum Gasteiger partial charge on any atom is 0.148 e. The van der Waals surface area contributed by atoms with Crippen LogP contribution >= 0.6 is 0 Å². The van der Waals surface area contributed by atoms with Crippen LogP contribution in [-0.4, -0.2) is 52.6 Å². The van der Waals surface area contributed by atoms with Crippen molar-refractivity contribution in [2.24, 2.45) is 0 Å². The van der Waals surface area contributed by atoms with Crippen molar-refractivity contribution in [1.82, 2.24) is 20.3 Å². The van der Waals surface area contributed by atoms with Crippen LogP contribution in [0.1, 0.15) is 11.5 Å². The lowest BCUT2D eigenvalue weighted by Crippen LogP contribution is -2.44. The number of morpholine rings is 1. The molecule has 1 fully saturated rings. The van der Waals surface area contributed by atoms with E-state index in [0.717, 1.165) is 43.5 Å². The second kappa shape index (κ2) is 6.64. The van der Waals surface area contributed by atoms with Gasteiger partial charge in [0.05, 0.1) is 18.4 Å². The molecule has 7 nitrogen and oxygen atoms in total. The third-order valence-corrected chi connectivity index (χ3v) is 3.37. The molecule has 7 heteroatoms. The van der Waals surface area contributed by atoms with Crippen LogP contribution < -0.4 is 5.32 Å². The Balaban J connectivity index is 1.49. The molecular weight excluding hydrogens is 270 g/mol. The minimum atomic E-state index is 0.133. The summed E-state index contributed by atoms with van der Waals surface area (Å²) >= 11 is 0. The highest BCUT2D eigenvalue weighted by atomic mass is 16.5. The van der Waals surface area contributed by atoms with E-state index in [0.29, 0.717) is 6.54 Å². The summed E-state index contributed by atoms with van der Waals surface area (Å²) in [6, 6.07) is 5.73. The van der Waals surface area contributed by atoms with Gasteiger partial charge < -0.3 is 14.6 Å². The molecule has 0 amide bonds. The van der Waals surface area contributed by atoms with E-state index in [2.05, 4.69) is 25.6 Å². The maximum absolute atomic E-state index is 5.78. The second-order valence-corrected chi connectivity index (χ2v) is 5.15. The molecule has 0 bridgehead atoms. The topological polar surface area (TPSA) is 76.3 Å². The van der Waals surface area contributed by atoms with Crippen molar-refractivity contribution in [3.05, 3.63) is 35.9 Å². The van der Waals surface area contributed by atoms with Gasteiger partial charge in [-0.3, -0.25) is 4.90 Å². The van der Waals surface area contributed by atoms with Crippen LogP contribution in [0.3, 0.4) is 0 Å². The Bertz CT molecular complexity index is 560. The van der Waals surface area contributed by atoms with Crippen LogP contribution in [0.15, 0.2) is 28.9 Å². The van der Waals surface area contributed by atoms with E-state index < -0.39 is 0 Å². The van der Waals surface area contributed by atoms with Crippen LogP contribution in [-0.2, 0) is 11.3 Å². The van der Waals surface area contributed by atoms with Gasteiger partial charge in [0.25, 0.3) is 0 Å². The summed E-state index contributed by atoms with van der Waals surface area (Å²) in [5.41, 5.74) is 0.968. The van der Waals surface area contributed by atoms with Gasteiger partial charge in [0.15, 0.2) is 0 Å². The van der Waals surface area contributed by atoms with E-state index in [1.54, 1.807) is 6.20 Å². The monoisotopic (exact) mass is 289 g/mol. The lowest BCUT2D eigenvalue weighted by Gasteiger charge is -2.32. The summed E-state index contributed by atoms with van der Waals surface area (Å²) in [5, 5.41) is 15.1. The predicted octanol–water partition coefficient (Wildman–Crippen LogP) is 1.09. The van der Waals surface area contributed by atoms with Crippen molar-refractivity contribution >= 4 is 5.82 Å². The lowest BCUT2D eigenvalue weighted by molar-refractivity contribution is -0.0246. The van der Waals surface area contributed by atoms with E-state index in [1.165, 1.54) is 0 Å². The van der Waals surface area contributed by atoms with Gasteiger partial charge in [0, 0.05) is 38.4 Å².